The van der Waals surface area contributed by atoms with Gasteiger partial charge in [0.2, 0.25) is 5.91 Å². The number of carbonyl (C=O) groups is 1. The Kier molecular flexibility index (Phi) is 6.57. The Labute approximate surface area is 158 Å². The normalized spacial score (nSPS) is 12.4. The lowest BCUT2D eigenvalue weighted by Gasteiger charge is -2.09. The molecule has 8 heteroatoms. The highest BCUT2D eigenvalue weighted by Gasteiger charge is 2.15. The topological polar surface area (TPSA) is 41.5 Å². The molecule has 0 bridgehead atoms. The molecule has 3 nitrogen and oxygen atoms in total. The molecule has 23 heavy (non-hydrogen) atoms. The average Bonchev–Trinajstić information content (AvgIpc) is 2.48. The van der Waals surface area contributed by atoms with Gasteiger partial charge < -0.3 is 5.32 Å². The van der Waals surface area contributed by atoms with Gasteiger partial charge in [0.05, 0.1) is 21.4 Å². The average molecular weight is 411 g/mol. The third kappa shape index (κ3) is 5.27. The molecule has 1 N–H and O–H groups in total. The van der Waals surface area contributed by atoms with Crippen LogP contribution in [0.4, 0.5) is 11.4 Å². The van der Waals surface area contributed by atoms with E-state index in [0.29, 0.717) is 31.5 Å². The Morgan fingerprint density at radius 1 is 1.00 bits per heavy atom. The number of aliphatic imine (C=N–C) groups is 1. The number of nitrogens with zero attached hydrogens (tertiary/aromatic N) is 1. The number of halogens is 5. The Morgan fingerprint density at radius 2 is 1.61 bits per heavy atom. The third-order valence-corrected chi connectivity index (χ3v) is 4.09. The summed E-state index contributed by atoms with van der Waals surface area (Å²) in [5.74, 6) is -0.482. The largest absolute Gasteiger partial charge is 0.323 e. The zero-order valence-corrected chi connectivity index (χ0v) is 15.1. The van der Waals surface area contributed by atoms with Crippen molar-refractivity contribution in [3.63, 3.8) is 0 Å². The van der Waals surface area contributed by atoms with E-state index in [0.717, 1.165) is 0 Å². The lowest BCUT2D eigenvalue weighted by molar-refractivity contribution is -0.114. The van der Waals surface area contributed by atoms with Crippen molar-refractivity contribution in [2.24, 2.45) is 4.99 Å². The van der Waals surface area contributed by atoms with Gasteiger partial charge in [-0.1, -0.05) is 46.4 Å². The van der Waals surface area contributed by atoms with Crippen molar-refractivity contribution in [2.45, 2.75) is 5.38 Å². The van der Waals surface area contributed by atoms with Crippen LogP contribution >= 0.6 is 58.0 Å². The van der Waals surface area contributed by atoms with Crippen LogP contribution in [0.5, 0.6) is 0 Å². The van der Waals surface area contributed by atoms with Crippen LogP contribution in [-0.2, 0) is 4.79 Å². The molecule has 0 spiro atoms. The van der Waals surface area contributed by atoms with Crippen molar-refractivity contribution in [3.05, 3.63) is 56.5 Å². The number of anilines is 1. The summed E-state index contributed by atoms with van der Waals surface area (Å²) in [7, 11) is 0. The van der Waals surface area contributed by atoms with Gasteiger partial charge in [-0.05, 0) is 36.4 Å². The summed E-state index contributed by atoms with van der Waals surface area (Å²) in [4.78, 5) is 16.1. The summed E-state index contributed by atoms with van der Waals surface area (Å²) in [6.45, 7) is 0. The molecule has 0 aliphatic carbocycles. The van der Waals surface area contributed by atoms with Gasteiger partial charge in [-0.2, -0.15) is 0 Å². The summed E-state index contributed by atoms with van der Waals surface area (Å²) in [6.07, 6.45) is 1.27. The van der Waals surface area contributed by atoms with E-state index in [1.54, 1.807) is 30.3 Å². The fraction of sp³-hybridized carbons (Fsp3) is 0.0667. The summed E-state index contributed by atoms with van der Waals surface area (Å²) < 4.78 is 0. The van der Waals surface area contributed by atoms with Gasteiger partial charge in [-0.3, -0.25) is 9.79 Å². The summed E-state index contributed by atoms with van der Waals surface area (Å²) in [5, 5.41) is 3.22. The minimum Gasteiger partial charge on any atom is -0.323 e. The lowest BCUT2D eigenvalue weighted by Crippen LogP contribution is -2.24. The lowest BCUT2D eigenvalue weighted by atomic mass is 10.3. The van der Waals surface area contributed by atoms with Crippen LogP contribution in [0, 0.1) is 0 Å². The molecule has 0 heterocycles. The van der Waals surface area contributed by atoms with Crippen molar-refractivity contribution in [2.75, 3.05) is 5.32 Å². The van der Waals surface area contributed by atoms with Crippen LogP contribution in [-0.4, -0.2) is 17.5 Å². The Bertz CT molecular complexity index is 764. The molecule has 0 aromatic heterocycles. The Morgan fingerprint density at radius 3 is 2.22 bits per heavy atom. The Hall–Kier alpha value is -0.970. The van der Waals surface area contributed by atoms with E-state index in [9.17, 15) is 4.79 Å². The minimum absolute atomic E-state index is 0.312. The van der Waals surface area contributed by atoms with E-state index in [2.05, 4.69) is 10.3 Å². The van der Waals surface area contributed by atoms with Crippen LogP contribution in [0.25, 0.3) is 0 Å². The van der Waals surface area contributed by atoms with Crippen molar-refractivity contribution in [3.8, 4) is 0 Å². The first-order valence-electron chi connectivity index (χ1n) is 6.26. The Balaban J connectivity index is 2.06. The second kappa shape index (κ2) is 8.22. The van der Waals surface area contributed by atoms with Crippen molar-refractivity contribution < 1.29 is 4.79 Å². The molecule has 0 saturated carbocycles. The van der Waals surface area contributed by atoms with Crippen molar-refractivity contribution in [1.82, 2.24) is 0 Å². The van der Waals surface area contributed by atoms with Gasteiger partial charge in [0, 0.05) is 16.3 Å². The molecule has 120 valence electrons. The summed E-state index contributed by atoms with van der Waals surface area (Å²) in [6, 6.07) is 9.51. The zero-order valence-electron chi connectivity index (χ0n) is 11.4. The number of alkyl halides is 1. The van der Waals surface area contributed by atoms with E-state index in [-0.39, 0.29) is 0 Å². The molecule has 2 rings (SSSR count). The van der Waals surface area contributed by atoms with Crippen LogP contribution in [0.2, 0.25) is 20.1 Å². The number of benzene rings is 2. The van der Waals surface area contributed by atoms with Crippen LogP contribution < -0.4 is 5.32 Å². The van der Waals surface area contributed by atoms with E-state index >= 15 is 0 Å². The zero-order chi connectivity index (χ0) is 17.0. The molecule has 0 aliphatic heterocycles. The molecule has 0 radical (unpaired) electrons. The first kappa shape index (κ1) is 18.4. The predicted molar refractivity (Wildman–Crippen MR) is 99.3 cm³/mol. The van der Waals surface area contributed by atoms with Crippen LogP contribution in [0.3, 0.4) is 0 Å². The fourth-order valence-corrected chi connectivity index (χ4v) is 2.62. The standard InChI is InChI=1S/C15H9Cl5N2O/c16-8-1-3-13(10(18)5-8)21-7-12(20)15(23)22-14-4-2-9(17)6-11(14)19/h1-7,12H,(H,22,23). The maximum atomic E-state index is 12.0. The maximum absolute atomic E-state index is 12.0. The van der Waals surface area contributed by atoms with Gasteiger partial charge in [0.15, 0.2) is 0 Å². The second-order valence-electron chi connectivity index (χ2n) is 4.39. The van der Waals surface area contributed by atoms with Gasteiger partial charge in [-0.25, -0.2) is 0 Å². The minimum atomic E-state index is -1.01. The molecule has 2 aromatic carbocycles. The second-order valence-corrected chi connectivity index (χ2v) is 6.55. The molecule has 0 aliphatic rings. The SMILES string of the molecule is O=C(Nc1ccc(Cl)cc1Cl)C(Cl)C=Nc1ccc(Cl)cc1Cl. The molecule has 0 fully saturated rings. The summed E-state index contributed by atoms with van der Waals surface area (Å²) >= 11 is 29.6. The van der Waals surface area contributed by atoms with Gasteiger partial charge in [0.1, 0.15) is 5.38 Å². The van der Waals surface area contributed by atoms with E-state index in [1.165, 1.54) is 12.3 Å². The smallest absolute Gasteiger partial charge is 0.247 e. The fourth-order valence-electron chi connectivity index (χ4n) is 1.59. The molecular formula is C15H9Cl5N2O. The van der Waals surface area contributed by atoms with Gasteiger partial charge >= 0.3 is 0 Å². The predicted octanol–water partition coefficient (Wildman–Crippen LogP) is 6.25. The number of nitrogens with one attached hydrogen (secondary N) is 1. The molecular weight excluding hydrogens is 401 g/mol. The number of hydrogen-bond acceptors (Lipinski definition) is 2. The number of carbonyl (C=O) groups excluding carboxylic acids is 1. The first-order chi connectivity index (χ1) is 10.9. The van der Waals surface area contributed by atoms with Crippen molar-refractivity contribution >= 4 is 81.5 Å². The number of hydrogen-bond donors (Lipinski definition) is 1. The molecule has 1 unspecified atom stereocenters. The van der Waals surface area contributed by atoms with Crippen LogP contribution in [0.1, 0.15) is 0 Å². The quantitative estimate of drug-likeness (QED) is 0.470. The maximum Gasteiger partial charge on any atom is 0.247 e. The molecule has 1 amide bonds. The number of amides is 1. The van der Waals surface area contributed by atoms with Gasteiger partial charge in [-0.15, -0.1) is 11.6 Å². The molecule has 1 atom stereocenters. The highest BCUT2D eigenvalue weighted by atomic mass is 35.5. The van der Waals surface area contributed by atoms with E-state index in [4.69, 9.17) is 58.0 Å². The van der Waals surface area contributed by atoms with Crippen molar-refractivity contribution in [1.29, 1.82) is 0 Å². The van der Waals surface area contributed by atoms with Gasteiger partial charge in [0.25, 0.3) is 0 Å². The summed E-state index contributed by atoms with van der Waals surface area (Å²) in [5.41, 5.74) is 0.865. The first-order valence-corrected chi connectivity index (χ1v) is 8.21. The number of rotatable bonds is 4. The molecule has 2 aromatic rings. The molecule has 0 saturated heterocycles. The highest BCUT2D eigenvalue weighted by molar-refractivity contribution is 6.42. The monoisotopic (exact) mass is 408 g/mol. The highest BCUT2D eigenvalue weighted by Crippen LogP contribution is 2.28. The third-order valence-electron chi connectivity index (χ3n) is 2.69. The van der Waals surface area contributed by atoms with E-state index < -0.39 is 11.3 Å². The van der Waals surface area contributed by atoms with Crippen LogP contribution in [0.15, 0.2) is 41.4 Å². The van der Waals surface area contributed by atoms with E-state index in [1.807, 2.05) is 0 Å².